The van der Waals surface area contributed by atoms with Crippen LogP contribution in [0.15, 0.2) is 66.0 Å². The van der Waals surface area contributed by atoms with Gasteiger partial charge in [-0.2, -0.15) is 5.10 Å². The van der Waals surface area contributed by atoms with Crippen molar-refractivity contribution in [1.29, 1.82) is 0 Å². The highest BCUT2D eigenvalue weighted by Crippen LogP contribution is 2.49. The maximum atomic E-state index is 13.8. The highest BCUT2D eigenvalue weighted by atomic mass is 32.2. The van der Waals surface area contributed by atoms with Crippen molar-refractivity contribution in [3.05, 3.63) is 88.6 Å². The van der Waals surface area contributed by atoms with Gasteiger partial charge in [0.25, 0.3) is 0 Å². The first-order valence-corrected chi connectivity index (χ1v) is 14.1. The fourth-order valence-corrected chi connectivity index (χ4v) is 6.45. The standard InChI is InChI=1S/C28H25FN4O2S2/c1-17-4-12-21(13-5-17)33-28-25(26(31-33)22-3-2-14-36-22)27(18-6-8-19(29)9-7-18)37-16-24(35)32(28)15-23(34)30-20-10-11-20/h2-9,12-14,20,27H,10-11,15-16H2,1H3,(H,30,34). The van der Waals surface area contributed by atoms with Crippen molar-refractivity contribution in [1.82, 2.24) is 15.1 Å². The minimum atomic E-state index is -0.314. The van der Waals surface area contributed by atoms with Gasteiger partial charge in [0, 0.05) is 11.6 Å². The molecule has 2 aromatic heterocycles. The molecule has 9 heteroatoms. The molecule has 0 spiro atoms. The number of rotatable bonds is 6. The molecule has 1 N–H and O–H groups in total. The number of aryl methyl sites for hydroxylation is 1. The molecule has 1 unspecified atom stereocenters. The molecular weight excluding hydrogens is 507 g/mol. The van der Waals surface area contributed by atoms with Crippen molar-refractivity contribution in [3.63, 3.8) is 0 Å². The molecular formula is C28H25FN4O2S2. The maximum Gasteiger partial charge on any atom is 0.240 e. The van der Waals surface area contributed by atoms with Gasteiger partial charge in [-0.25, -0.2) is 9.07 Å². The van der Waals surface area contributed by atoms with Gasteiger partial charge in [-0.3, -0.25) is 14.5 Å². The van der Waals surface area contributed by atoms with Gasteiger partial charge in [0.05, 0.1) is 21.6 Å². The van der Waals surface area contributed by atoms with E-state index in [1.807, 2.05) is 48.7 Å². The predicted molar refractivity (Wildman–Crippen MR) is 146 cm³/mol. The van der Waals surface area contributed by atoms with E-state index >= 15 is 0 Å². The molecule has 1 aliphatic carbocycles. The Balaban J connectivity index is 1.58. The van der Waals surface area contributed by atoms with Crippen molar-refractivity contribution in [2.45, 2.75) is 31.1 Å². The highest BCUT2D eigenvalue weighted by molar-refractivity contribution is 8.00. The van der Waals surface area contributed by atoms with Gasteiger partial charge in [0.1, 0.15) is 23.9 Å². The summed E-state index contributed by atoms with van der Waals surface area (Å²) in [6.07, 6.45) is 1.94. The molecule has 6 rings (SSSR count). The smallest absolute Gasteiger partial charge is 0.240 e. The Bertz CT molecular complexity index is 1440. The summed E-state index contributed by atoms with van der Waals surface area (Å²) in [5, 5.41) is 9.79. The predicted octanol–water partition coefficient (Wildman–Crippen LogP) is 5.50. The lowest BCUT2D eigenvalue weighted by Gasteiger charge is -2.23. The van der Waals surface area contributed by atoms with Crippen molar-refractivity contribution in [3.8, 4) is 16.3 Å². The van der Waals surface area contributed by atoms with Crippen molar-refractivity contribution >= 4 is 40.7 Å². The summed E-state index contributed by atoms with van der Waals surface area (Å²) < 4.78 is 15.6. The van der Waals surface area contributed by atoms with Gasteiger partial charge in [-0.15, -0.1) is 23.1 Å². The van der Waals surface area contributed by atoms with Crippen LogP contribution in [-0.2, 0) is 9.59 Å². The minimum absolute atomic E-state index is 0.0829. The molecule has 1 aliphatic heterocycles. The number of hydrogen-bond donors (Lipinski definition) is 1. The number of amides is 2. The van der Waals surface area contributed by atoms with E-state index in [0.29, 0.717) is 5.82 Å². The monoisotopic (exact) mass is 532 g/mol. The van der Waals surface area contributed by atoms with Crippen LogP contribution in [0.4, 0.5) is 10.2 Å². The Hall–Kier alpha value is -3.43. The van der Waals surface area contributed by atoms with Crippen LogP contribution in [0.2, 0.25) is 0 Å². The molecule has 1 fully saturated rings. The van der Waals surface area contributed by atoms with E-state index in [1.54, 1.807) is 33.1 Å². The average molecular weight is 533 g/mol. The molecule has 0 radical (unpaired) electrons. The summed E-state index contributed by atoms with van der Waals surface area (Å²) in [5.41, 5.74) is 4.40. The van der Waals surface area contributed by atoms with Gasteiger partial charge in [0.15, 0.2) is 0 Å². The van der Waals surface area contributed by atoms with Crippen molar-refractivity contribution < 1.29 is 14.0 Å². The fraction of sp³-hybridized carbons (Fsp3) is 0.250. The minimum Gasteiger partial charge on any atom is -0.352 e. The number of hydrogen-bond acceptors (Lipinski definition) is 5. The Kier molecular flexibility index (Phi) is 6.34. The van der Waals surface area contributed by atoms with Crippen LogP contribution >= 0.6 is 23.1 Å². The number of carbonyl (C=O) groups excluding carboxylic acids is 2. The lowest BCUT2D eigenvalue weighted by Crippen LogP contribution is -2.43. The number of thioether (sulfide) groups is 1. The third kappa shape index (κ3) is 4.81. The summed E-state index contributed by atoms with van der Waals surface area (Å²) in [6, 6.07) is 18.5. The third-order valence-corrected chi connectivity index (χ3v) is 8.67. The van der Waals surface area contributed by atoms with E-state index in [-0.39, 0.29) is 41.2 Å². The number of nitrogens with one attached hydrogen (secondary N) is 1. The Morgan fingerprint density at radius 1 is 1.11 bits per heavy atom. The van der Waals surface area contributed by atoms with Crippen LogP contribution in [0.5, 0.6) is 0 Å². The van der Waals surface area contributed by atoms with E-state index in [2.05, 4.69) is 5.32 Å². The number of carbonyl (C=O) groups is 2. The molecule has 0 bridgehead atoms. The van der Waals surface area contributed by atoms with Gasteiger partial charge in [0.2, 0.25) is 11.8 Å². The highest BCUT2D eigenvalue weighted by Gasteiger charge is 2.38. The lowest BCUT2D eigenvalue weighted by molar-refractivity contribution is -0.123. The lowest BCUT2D eigenvalue weighted by atomic mass is 10.0. The van der Waals surface area contributed by atoms with Crippen molar-refractivity contribution in [2.24, 2.45) is 0 Å². The zero-order chi connectivity index (χ0) is 25.5. The zero-order valence-corrected chi connectivity index (χ0v) is 21.8. The Morgan fingerprint density at radius 2 is 1.86 bits per heavy atom. The summed E-state index contributed by atoms with van der Waals surface area (Å²) in [4.78, 5) is 29.1. The number of nitrogens with zero attached hydrogens (tertiary/aromatic N) is 3. The van der Waals surface area contributed by atoms with E-state index < -0.39 is 0 Å². The van der Waals surface area contributed by atoms with E-state index in [0.717, 1.165) is 45.8 Å². The molecule has 1 saturated carbocycles. The first-order valence-electron chi connectivity index (χ1n) is 12.2. The molecule has 6 nitrogen and oxygen atoms in total. The quantitative estimate of drug-likeness (QED) is 0.356. The second-order valence-corrected chi connectivity index (χ2v) is 11.4. The van der Waals surface area contributed by atoms with Crippen molar-refractivity contribution in [2.75, 3.05) is 17.2 Å². The Labute approximate surface area is 222 Å². The summed E-state index contributed by atoms with van der Waals surface area (Å²) in [7, 11) is 0. The van der Waals surface area contributed by atoms with E-state index in [1.165, 1.54) is 23.9 Å². The molecule has 2 aliphatic rings. The van der Waals surface area contributed by atoms with Gasteiger partial charge < -0.3 is 5.32 Å². The molecule has 1 atom stereocenters. The summed E-state index contributed by atoms with van der Waals surface area (Å²) in [6.45, 7) is 1.93. The first kappa shape index (κ1) is 23.9. The fourth-order valence-electron chi connectivity index (χ4n) is 4.53. The van der Waals surface area contributed by atoms with Crippen LogP contribution in [0, 0.1) is 12.7 Å². The normalized spacial score (nSPS) is 17.4. The number of thiophene rings is 1. The van der Waals surface area contributed by atoms with Gasteiger partial charge >= 0.3 is 0 Å². The first-order chi connectivity index (χ1) is 18.0. The second kappa shape index (κ2) is 9.79. The van der Waals surface area contributed by atoms with E-state index in [9.17, 15) is 14.0 Å². The molecule has 37 heavy (non-hydrogen) atoms. The molecule has 4 aromatic rings. The number of fused-ring (bicyclic) bond motifs is 1. The van der Waals surface area contributed by atoms with Crippen LogP contribution < -0.4 is 10.2 Å². The number of aromatic nitrogens is 2. The topological polar surface area (TPSA) is 67.2 Å². The summed E-state index contributed by atoms with van der Waals surface area (Å²) in [5.74, 6) is 0.119. The molecule has 3 heterocycles. The van der Waals surface area contributed by atoms with E-state index in [4.69, 9.17) is 5.10 Å². The molecule has 2 amide bonds. The third-order valence-electron chi connectivity index (χ3n) is 6.54. The largest absolute Gasteiger partial charge is 0.352 e. The molecule has 0 saturated heterocycles. The van der Waals surface area contributed by atoms with Crippen LogP contribution in [0.25, 0.3) is 16.3 Å². The van der Waals surface area contributed by atoms with Crippen LogP contribution in [0.3, 0.4) is 0 Å². The Morgan fingerprint density at radius 3 is 2.54 bits per heavy atom. The maximum absolute atomic E-state index is 13.8. The average Bonchev–Trinajstić information content (AvgIpc) is 3.41. The van der Waals surface area contributed by atoms with Crippen LogP contribution in [-0.4, -0.2) is 39.9 Å². The zero-order valence-electron chi connectivity index (χ0n) is 20.2. The van der Waals surface area contributed by atoms with Crippen LogP contribution in [0.1, 0.15) is 34.8 Å². The van der Waals surface area contributed by atoms with Gasteiger partial charge in [-0.1, -0.05) is 35.9 Å². The number of halogens is 1. The molecule has 188 valence electrons. The summed E-state index contributed by atoms with van der Waals surface area (Å²) >= 11 is 3.05. The number of benzene rings is 2. The van der Waals surface area contributed by atoms with Gasteiger partial charge in [-0.05, 0) is 61.0 Å². The number of anilines is 1. The SMILES string of the molecule is Cc1ccc(-n2nc(-c3cccs3)c3c2N(CC(=O)NC2CC2)C(=O)CSC3c2ccc(F)cc2)cc1. The molecule has 2 aromatic carbocycles. The second-order valence-electron chi connectivity index (χ2n) is 9.37.